The Morgan fingerprint density at radius 3 is 2.68 bits per heavy atom. The number of methoxy groups -OCH3 is 1. The Morgan fingerprint density at radius 1 is 1.32 bits per heavy atom. The van der Waals surface area contributed by atoms with E-state index in [-0.39, 0.29) is 6.04 Å². The summed E-state index contributed by atoms with van der Waals surface area (Å²) in [7, 11) is 3.60. The van der Waals surface area contributed by atoms with Crippen LogP contribution in [-0.4, -0.2) is 14.2 Å². The van der Waals surface area contributed by atoms with Gasteiger partial charge in [0, 0.05) is 16.5 Å². The van der Waals surface area contributed by atoms with Crippen LogP contribution in [-0.2, 0) is 6.42 Å². The molecule has 0 saturated carbocycles. The van der Waals surface area contributed by atoms with Crippen molar-refractivity contribution in [3.05, 3.63) is 51.9 Å². The van der Waals surface area contributed by atoms with Gasteiger partial charge in [0.15, 0.2) is 0 Å². The van der Waals surface area contributed by atoms with Gasteiger partial charge in [0.1, 0.15) is 17.3 Å². The van der Waals surface area contributed by atoms with Crippen LogP contribution in [0.15, 0.2) is 39.2 Å². The van der Waals surface area contributed by atoms with Gasteiger partial charge >= 0.3 is 0 Å². The van der Waals surface area contributed by atoms with E-state index in [1.807, 2.05) is 37.4 Å². The highest BCUT2D eigenvalue weighted by atomic mass is 79.9. The summed E-state index contributed by atoms with van der Waals surface area (Å²) in [6.45, 7) is 2.08. The van der Waals surface area contributed by atoms with Gasteiger partial charge in [-0.15, -0.1) is 0 Å². The molecule has 0 bridgehead atoms. The second-order valence-electron chi connectivity index (χ2n) is 4.27. The number of aryl methyl sites for hydroxylation is 1. The Kier molecular flexibility index (Phi) is 4.66. The highest BCUT2D eigenvalue weighted by molar-refractivity contribution is 9.10. The first kappa shape index (κ1) is 14.2. The predicted molar refractivity (Wildman–Crippen MR) is 79.7 cm³/mol. The lowest BCUT2D eigenvalue weighted by Crippen LogP contribution is -2.17. The first-order valence-corrected chi connectivity index (χ1v) is 7.08. The quantitative estimate of drug-likeness (QED) is 0.905. The van der Waals surface area contributed by atoms with Crippen LogP contribution in [0.1, 0.15) is 30.0 Å². The Balaban J connectivity index is 2.41. The normalized spacial score (nSPS) is 12.4. The van der Waals surface area contributed by atoms with Crippen molar-refractivity contribution in [1.29, 1.82) is 0 Å². The first-order chi connectivity index (χ1) is 9.19. The van der Waals surface area contributed by atoms with Crippen LogP contribution in [0, 0.1) is 0 Å². The molecule has 102 valence electrons. The minimum Gasteiger partial charge on any atom is -0.496 e. The van der Waals surface area contributed by atoms with Crippen LogP contribution in [0.4, 0.5) is 0 Å². The number of nitrogens with one attached hydrogen (secondary N) is 1. The predicted octanol–water partition coefficient (Wildman–Crippen LogP) is 3.92. The van der Waals surface area contributed by atoms with Crippen molar-refractivity contribution in [3.8, 4) is 5.75 Å². The Morgan fingerprint density at radius 2 is 2.11 bits per heavy atom. The van der Waals surface area contributed by atoms with Gasteiger partial charge < -0.3 is 14.5 Å². The number of benzene rings is 1. The van der Waals surface area contributed by atoms with Gasteiger partial charge in [-0.1, -0.05) is 28.9 Å². The maximum Gasteiger partial charge on any atom is 0.125 e. The third-order valence-electron chi connectivity index (χ3n) is 3.11. The summed E-state index contributed by atoms with van der Waals surface area (Å²) >= 11 is 3.46. The smallest absolute Gasteiger partial charge is 0.125 e. The summed E-state index contributed by atoms with van der Waals surface area (Å²) in [5.74, 6) is 2.73. The molecule has 3 nitrogen and oxygen atoms in total. The molecule has 1 aromatic heterocycles. The van der Waals surface area contributed by atoms with Gasteiger partial charge in [0.25, 0.3) is 0 Å². The minimum atomic E-state index is -0.0108. The van der Waals surface area contributed by atoms with E-state index in [1.165, 1.54) is 0 Å². The molecule has 0 fully saturated rings. The number of hydrogen-bond donors (Lipinski definition) is 1. The van der Waals surface area contributed by atoms with Crippen molar-refractivity contribution in [2.45, 2.75) is 19.4 Å². The molecular weight excluding hydrogens is 306 g/mol. The van der Waals surface area contributed by atoms with Crippen molar-refractivity contribution in [2.75, 3.05) is 14.2 Å². The second kappa shape index (κ2) is 6.26. The Bertz CT molecular complexity index is 551. The summed E-state index contributed by atoms with van der Waals surface area (Å²) in [5.41, 5.74) is 1.06. The van der Waals surface area contributed by atoms with Gasteiger partial charge in [-0.3, -0.25) is 0 Å². The van der Waals surface area contributed by atoms with Crippen molar-refractivity contribution in [1.82, 2.24) is 5.32 Å². The lowest BCUT2D eigenvalue weighted by molar-refractivity contribution is 0.392. The molecule has 1 aromatic carbocycles. The zero-order valence-electron chi connectivity index (χ0n) is 11.4. The van der Waals surface area contributed by atoms with Crippen LogP contribution < -0.4 is 10.1 Å². The summed E-state index contributed by atoms with van der Waals surface area (Å²) in [5, 5.41) is 3.28. The summed E-state index contributed by atoms with van der Waals surface area (Å²) in [6.07, 6.45) is 0.897. The third-order valence-corrected chi connectivity index (χ3v) is 3.60. The first-order valence-electron chi connectivity index (χ1n) is 6.29. The fourth-order valence-electron chi connectivity index (χ4n) is 2.11. The van der Waals surface area contributed by atoms with Crippen LogP contribution in [0.5, 0.6) is 5.75 Å². The molecule has 0 aliphatic carbocycles. The molecule has 19 heavy (non-hydrogen) atoms. The maximum absolute atomic E-state index is 5.84. The average molecular weight is 324 g/mol. The summed E-state index contributed by atoms with van der Waals surface area (Å²) in [4.78, 5) is 0. The Labute approximate surface area is 122 Å². The summed E-state index contributed by atoms with van der Waals surface area (Å²) in [6, 6.07) is 10.0. The van der Waals surface area contributed by atoms with Crippen LogP contribution in [0.25, 0.3) is 0 Å². The largest absolute Gasteiger partial charge is 0.496 e. The van der Waals surface area contributed by atoms with Crippen molar-refractivity contribution in [3.63, 3.8) is 0 Å². The molecule has 1 heterocycles. The van der Waals surface area contributed by atoms with E-state index < -0.39 is 0 Å². The molecule has 0 saturated heterocycles. The minimum absolute atomic E-state index is 0.0108. The number of ether oxygens (including phenoxy) is 1. The fraction of sp³-hybridized carbons (Fsp3) is 0.333. The van der Waals surface area contributed by atoms with E-state index in [9.17, 15) is 0 Å². The lowest BCUT2D eigenvalue weighted by atomic mass is 10.0. The zero-order chi connectivity index (χ0) is 13.8. The van der Waals surface area contributed by atoms with E-state index in [1.54, 1.807) is 7.11 Å². The molecule has 1 unspecified atom stereocenters. The maximum atomic E-state index is 5.84. The van der Waals surface area contributed by atoms with E-state index >= 15 is 0 Å². The van der Waals surface area contributed by atoms with E-state index in [2.05, 4.69) is 28.2 Å². The SMILES string of the molecule is CCc1ccc(C(NC)c2ccc(Br)cc2OC)o1. The lowest BCUT2D eigenvalue weighted by Gasteiger charge is -2.17. The van der Waals surface area contributed by atoms with Gasteiger partial charge in [0.05, 0.1) is 13.2 Å². The molecule has 0 aliphatic rings. The molecule has 4 heteroatoms. The number of hydrogen-bond acceptors (Lipinski definition) is 3. The molecule has 1 N–H and O–H groups in total. The van der Waals surface area contributed by atoms with Gasteiger partial charge in [-0.25, -0.2) is 0 Å². The van der Waals surface area contributed by atoms with Gasteiger partial charge in [-0.2, -0.15) is 0 Å². The van der Waals surface area contributed by atoms with Crippen LogP contribution in [0.3, 0.4) is 0 Å². The van der Waals surface area contributed by atoms with Crippen LogP contribution >= 0.6 is 15.9 Å². The number of halogens is 1. The Hall–Kier alpha value is -1.26. The topological polar surface area (TPSA) is 34.4 Å². The highest BCUT2D eigenvalue weighted by Crippen LogP contribution is 2.32. The molecule has 2 rings (SSSR count). The second-order valence-corrected chi connectivity index (χ2v) is 5.18. The molecule has 0 spiro atoms. The fourth-order valence-corrected chi connectivity index (χ4v) is 2.45. The number of rotatable bonds is 5. The van der Waals surface area contributed by atoms with Gasteiger partial charge in [0.2, 0.25) is 0 Å². The molecular formula is C15H18BrNO2. The number of furan rings is 1. The zero-order valence-corrected chi connectivity index (χ0v) is 13.0. The molecule has 0 aliphatic heterocycles. The van der Waals surface area contributed by atoms with Gasteiger partial charge in [-0.05, 0) is 31.3 Å². The molecule has 0 amide bonds. The standard InChI is InChI=1S/C15H18BrNO2/c1-4-11-6-8-13(19-11)15(17-2)12-7-5-10(16)9-14(12)18-3/h5-9,15,17H,4H2,1-3H3. The van der Waals surface area contributed by atoms with Crippen molar-refractivity contribution < 1.29 is 9.15 Å². The van der Waals surface area contributed by atoms with E-state index in [0.29, 0.717) is 0 Å². The third kappa shape index (κ3) is 3.01. The molecule has 0 radical (unpaired) electrons. The van der Waals surface area contributed by atoms with Crippen LogP contribution in [0.2, 0.25) is 0 Å². The van der Waals surface area contributed by atoms with Crippen molar-refractivity contribution >= 4 is 15.9 Å². The molecule has 1 atom stereocenters. The summed E-state index contributed by atoms with van der Waals surface area (Å²) < 4.78 is 12.3. The van der Waals surface area contributed by atoms with E-state index in [4.69, 9.17) is 9.15 Å². The average Bonchev–Trinajstić information content (AvgIpc) is 2.89. The monoisotopic (exact) mass is 323 g/mol. The van der Waals surface area contributed by atoms with E-state index in [0.717, 1.165) is 33.7 Å². The highest BCUT2D eigenvalue weighted by Gasteiger charge is 2.19. The van der Waals surface area contributed by atoms with Crippen molar-refractivity contribution in [2.24, 2.45) is 0 Å². The molecule has 2 aromatic rings.